The molecule has 2 rings (SSSR count). The van der Waals surface area contributed by atoms with Crippen LogP contribution in [0.5, 0.6) is 0 Å². The number of hydrogen-bond acceptors (Lipinski definition) is 5. The summed E-state index contributed by atoms with van der Waals surface area (Å²) in [5, 5.41) is 1.93. The molecule has 0 radical (unpaired) electrons. The van der Waals surface area contributed by atoms with Crippen LogP contribution in [0.2, 0.25) is 5.15 Å². The van der Waals surface area contributed by atoms with Gasteiger partial charge in [0.15, 0.2) is 0 Å². The van der Waals surface area contributed by atoms with Gasteiger partial charge in [-0.05, 0) is 29.0 Å². The molecule has 0 unspecified atom stereocenters. The Labute approximate surface area is 125 Å². The Balaban J connectivity index is 2.11. The number of pyridine rings is 1. The van der Waals surface area contributed by atoms with Crippen molar-refractivity contribution in [3.8, 4) is 0 Å². The fourth-order valence-electron chi connectivity index (χ4n) is 1.67. The molecule has 0 saturated carbocycles. The van der Waals surface area contributed by atoms with Gasteiger partial charge >= 0.3 is 0 Å². The van der Waals surface area contributed by atoms with Gasteiger partial charge in [-0.1, -0.05) is 11.6 Å². The third kappa shape index (κ3) is 3.87. The highest BCUT2D eigenvalue weighted by atomic mass is 79.9. The summed E-state index contributed by atoms with van der Waals surface area (Å²) in [6, 6.07) is 1.44. The van der Waals surface area contributed by atoms with Crippen LogP contribution in [0.4, 0.5) is 0 Å². The van der Waals surface area contributed by atoms with Crippen molar-refractivity contribution in [2.24, 2.45) is 0 Å². The third-order valence-corrected chi connectivity index (χ3v) is 5.31. The zero-order valence-electron chi connectivity index (χ0n) is 10.3. The smallest absolute Gasteiger partial charge is 0.255 e. The van der Waals surface area contributed by atoms with Crippen molar-refractivity contribution in [3.05, 3.63) is 21.9 Å². The lowest BCUT2D eigenvalue weighted by molar-refractivity contribution is 0.135. The predicted octanol–water partition coefficient (Wildman–Crippen LogP) is 0.938. The number of piperazine rings is 1. The van der Waals surface area contributed by atoms with Crippen LogP contribution in [-0.4, -0.2) is 56.5 Å². The monoisotopic (exact) mass is 368 g/mol. The maximum atomic E-state index is 12.2. The Morgan fingerprint density at radius 3 is 2.58 bits per heavy atom. The van der Waals surface area contributed by atoms with Crippen LogP contribution in [-0.2, 0) is 10.0 Å². The van der Waals surface area contributed by atoms with Crippen LogP contribution >= 0.6 is 27.5 Å². The number of nitrogens with zero attached hydrogens (tertiary/aromatic N) is 3. The quantitative estimate of drug-likeness (QED) is 0.803. The van der Waals surface area contributed by atoms with E-state index in [0.717, 1.165) is 13.1 Å². The Kier molecular flexibility index (Phi) is 4.80. The van der Waals surface area contributed by atoms with Gasteiger partial charge in [-0.15, -0.1) is 4.83 Å². The van der Waals surface area contributed by atoms with E-state index in [-0.39, 0.29) is 10.0 Å². The highest BCUT2D eigenvalue weighted by Crippen LogP contribution is 2.22. The Morgan fingerprint density at radius 2 is 2.00 bits per heavy atom. The van der Waals surface area contributed by atoms with Crippen LogP contribution < -0.4 is 4.83 Å². The first kappa shape index (κ1) is 15.1. The van der Waals surface area contributed by atoms with Crippen LogP contribution in [0.3, 0.4) is 0 Å². The molecule has 1 aromatic heterocycles. The molecule has 0 amide bonds. The Bertz CT molecular complexity index is 561. The summed E-state index contributed by atoms with van der Waals surface area (Å²) in [5.74, 6) is 0. The van der Waals surface area contributed by atoms with Crippen molar-refractivity contribution in [1.29, 1.82) is 0 Å². The van der Waals surface area contributed by atoms with E-state index in [1.807, 2.05) is 7.05 Å². The lowest BCUT2D eigenvalue weighted by Gasteiger charge is -2.32. The summed E-state index contributed by atoms with van der Waals surface area (Å²) in [6.45, 7) is 2.95. The molecule has 19 heavy (non-hydrogen) atoms. The van der Waals surface area contributed by atoms with Gasteiger partial charge in [0.1, 0.15) is 10.0 Å². The highest BCUT2D eigenvalue weighted by Gasteiger charge is 2.22. The second-order valence-corrected chi connectivity index (χ2v) is 7.20. The zero-order chi connectivity index (χ0) is 14.0. The number of nitrogens with one attached hydrogen (secondary N) is 1. The molecule has 1 N–H and O–H groups in total. The van der Waals surface area contributed by atoms with E-state index < -0.39 is 10.0 Å². The van der Waals surface area contributed by atoms with Crippen LogP contribution in [0.25, 0.3) is 0 Å². The van der Waals surface area contributed by atoms with Crippen molar-refractivity contribution in [1.82, 2.24) is 19.7 Å². The van der Waals surface area contributed by atoms with Gasteiger partial charge in [0, 0.05) is 32.4 Å². The van der Waals surface area contributed by atoms with Crippen LogP contribution in [0, 0.1) is 0 Å². The second-order valence-electron chi connectivity index (χ2n) is 4.33. The summed E-state index contributed by atoms with van der Waals surface area (Å²) in [6.07, 6.45) is 1.24. The molecule has 0 bridgehead atoms. The largest absolute Gasteiger partial charge is 0.304 e. The molecular weight excluding hydrogens is 356 g/mol. The van der Waals surface area contributed by atoms with Gasteiger partial charge in [-0.3, -0.25) is 0 Å². The summed E-state index contributed by atoms with van der Waals surface area (Å²) in [5.41, 5.74) is 0. The molecule has 1 fully saturated rings. The van der Waals surface area contributed by atoms with Crippen molar-refractivity contribution in [3.63, 3.8) is 0 Å². The molecule has 1 aromatic rings. The van der Waals surface area contributed by atoms with Crippen molar-refractivity contribution >= 4 is 37.6 Å². The predicted molar refractivity (Wildman–Crippen MR) is 76.3 cm³/mol. The first-order chi connectivity index (χ1) is 8.88. The average Bonchev–Trinajstić information content (AvgIpc) is 2.35. The topological polar surface area (TPSA) is 65.5 Å². The number of aromatic nitrogens is 1. The van der Waals surface area contributed by atoms with Gasteiger partial charge in [0.05, 0.1) is 4.47 Å². The Hall–Kier alpha value is -0.250. The normalized spacial score (nSPS) is 18.7. The van der Waals surface area contributed by atoms with Crippen LogP contribution in [0.15, 0.2) is 21.6 Å². The summed E-state index contributed by atoms with van der Waals surface area (Å²) in [4.78, 5) is 8.61. The molecule has 0 spiro atoms. The fraction of sp³-hybridized carbons (Fsp3) is 0.500. The summed E-state index contributed by atoms with van der Waals surface area (Å²) in [7, 11) is -1.60. The van der Waals surface area contributed by atoms with Crippen molar-refractivity contribution in [2.45, 2.75) is 4.90 Å². The van der Waals surface area contributed by atoms with Gasteiger partial charge in [0.25, 0.3) is 10.0 Å². The minimum absolute atomic E-state index is 0.0858. The number of hydrogen-bond donors (Lipinski definition) is 1. The molecule has 9 heteroatoms. The molecule has 2 heterocycles. The average molecular weight is 370 g/mol. The number of halogens is 2. The van der Waals surface area contributed by atoms with Gasteiger partial charge in [-0.25, -0.2) is 18.4 Å². The molecule has 0 atom stereocenters. The second kappa shape index (κ2) is 6.02. The molecule has 1 saturated heterocycles. The minimum Gasteiger partial charge on any atom is -0.304 e. The van der Waals surface area contributed by atoms with E-state index in [0.29, 0.717) is 17.6 Å². The Morgan fingerprint density at radius 1 is 1.37 bits per heavy atom. The zero-order valence-corrected chi connectivity index (χ0v) is 13.5. The third-order valence-electron chi connectivity index (χ3n) is 2.83. The van der Waals surface area contributed by atoms with E-state index in [1.54, 1.807) is 5.01 Å². The summed E-state index contributed by atoms with van der Waals surface area (Å²) >= 11 is 8.91. The van der Waals surface area contributed by atoms with E-state index in [2.05, 4.69) is 30.6 Å². The van der Waals surface area contributed by atoms with Crippen molar-refractivity contribution in [2.75, 3.05) is 33.2 Å². The maximum absolute atomic E-state index is 12.2. The van der Waals surface area contributed by atoms with E-state index >= 15 is 0 Å². The molecular formula is C10H14BrClN4O2S. The first-order valence-electron chi connectivity index (χ1n) is 5.65. The molecule has 0 aliphatic carbocycles. The summed E-state index contributed by atoms with van der Waals surface area (Å²) < 4.78 is 24.8. The lowest BCUT2D eigenvalue weighted by Crippen LogP contribution is -2.52. The van der Waals surface area contributed by atoms with E-state index in [4.69, 9.17) is 11.6 Å². The number of likely N-dealkylation sites (N-methyl/N-ethyl adjacent to an activating group) is 1. The SMILES string of the molecule is CN1CCN(NS(=O)(=O)c2cnc(Cl)c(Br)c2)CC1. The van der Waals surface area contributed by atoms with E-state index in [9.17, 15) is 8.42 Å². The first-order valence-corrected chi connectivity index (χ1v) is 8.31. The standard InChI is InChI=1S/C10H14BrClN4O2S/c1-15-2-4-16(5-3-15)14-19(17,18)8-6-9(11)10(12)13-7-8/h6-7,14H,2-5H2,1H3. The highest BCUT2D eigenvalue weighted by molar-refractivity contribution is 9.10. The maximum Gasteiger partial charge on any atom is 0.255 e. The number of hydrazine groups is 1. The number of rotatable bonds is 3. The lowest BCUT2D eigenvalue weighted by atomic mass is 10.4. The van der Waals surface area contributed by atoms with Gasteiger partial charge in [-0.2, -0.15) is 0 Å². The number of sulfonamides is 1. The fourth-order valence-corrected chi connectivity index (χ4v) is 3.37. The van der Waals surface area contributed by atoms with Gasteiger partial charge < -0.3 is 4.90 Å². The molecule has 106 valence electrons. The van der Waals surface area contributed by atoms with Gasteiger partial charge in [0.2, 0.25) is 0 Å². The molecule has 6 nitrogen and oxygen atoms in total. The van der Waals surface area contributed by atoms with Crippen LogP contribution in [0.1, 0.15) is 0 Å². The molecule has 1 aliphatic rings. The molecule has 1 aliphatic heterocycles. The van der Waals surface area contributed by atoms with E-state index in [1.165, 1.54) is 12.3 Å². The van der Waals surface area contributed by atoms with Crippen molar-refractivity contribution < 1.29 is 8.42 Å². The molecule has 0 aromatic carbocycles. The minimum atomic E-state index is -3.61.